The van der Waals surface area contributed by atoms with Crippen LogP contribution in [0.1, 0.15) is 28.5 Å². The SMILES string of the molecule is CCN1CCc2c(sc(-n3cccc3)c2CNC(=O)Nc2ccccc2C)C1. The molecule has 0 spiro atoms. The number of fused-ring (bicyclic) bond motifs is 1. The lowest BCUT2D eigenvalue weighted by Crippen LogP contribution is -2.31. The quantitative estimate of drug-likeness (QED) is 0.667. The fourth-order valence-electron chi connectivity index (χ4n) is 3.69. The first-order chi connectivity index (χ1) is 13.7. The predicted molar refractivity (Wildman–Crippen MR) is 115 cm³/mol. The number of carbonyl (C=O) groups excluding carboxylic acids is 1. The van der Waals surface area contributed by atoms with Crippen molar-refractivity contribution in [3.8, 4) is 5.00 Å². The number of anilines is 1. The Balaban J connectivity index is 1.54. The monoisotopic (exact) mass is 394 g/mol. The van der Waals surface area contributed by atoms with Crippen molar-refractivity contribution < 1.29 is 4.79 Å². The van der Waals surface area contributed by atoms with Crippen LogP contribution in [0.4, 0.5) is 10.5 Å². The number of aryl methyl sites for hydroxylation is 1. The summed E-state index contributed by atoms with van der Waals surface area (Å²) in [5, 5.41) is 7.24. The molecule has 0 aliphatic carbocycles. The van der Waals surface area contributed by atoms with Crippen molar-refractivity contribution in [3.05, 3.63) is 70.4 Å². The number of carbonyl (C=O) groups is 1. The van der Waals surface area contributed by atoms with Crippen molar-refractivity contribution in [3.63, 3.8) is 0 Å². The molecule has 0 saturated heterocycles. The maximum atomic E-state index is 12.5. The van der Waals surface area contributed by atoms with E-state index in [1.54, 1.807) is 0 Å². The molecule has 3 heterocycles. The molecule has 0 unspecified atom stereocenters. The summed E-state index contributed by atoms with van der Waals surface area (Å²) >= 11 is 1.85. The number of nitrogens with one attached hydrogen (secondary N) is 2. The summed E-state index contributed by atoms with van der Waals surface area (Å²) in [4.78, 5) is 16.4. The Morgan fingerprint density at radius 2 is 1.96 bits per heavy atom. The molecule has 4 rings (SSSR count). The number of benzene rings is 1. The fraction of sp³-hybridized carbons (Fsp3) is 0.318. The third-order valence-corrected chi connectivity index (χ3v) is 6.60. The average molecular weight is 395 g/mol. The number of urea groups is 1. The van der Waals surface area contributed by atoms with Gasteiger partial charge in [0, 0.05) is 48.2 Å². The average Bonchev–Trinajstić information content (AvgIpc) is 3.35. The molecule has 0 bridgehead atoms. The molecule has 28 heavy (non-hydrogen) atoms. The Kier molecular flexibility index (Phi) is 5.50. The molecule has 0 atom stereocenters. The first-order valence-corrected chi connectivity index (χ1v) is 10.6. The minimum atomic E-state index is -0.168. The van der Waals surface area contributed by atoms with Gasteiger partial charge in [-0.15, -0.1) is 11.3 Å². The second-order valence-corrected chi connectivity index (χ2v) is 8.20. The number of para-hydroxylation sites is 1. The van der Waals surface area contributed by atoms with Gasteiger partial charge in [0.2, 0.25) is 0 Å². The third-order valence-electron chi connectivity index (χ3n) is 5.33. The fourth-order valence-corrected chi connectivity index (χ4v) is 5.06. The van der Waals surface area contributed by atoms with E-state index in [0.29, 0.717) is 6.54 Å². The Labute approximate surface area is 170 Å². The lowest BCUT2D eigenvalue weighted by molar-refractivity contribution is 0.251. The van der Waals surface area contributed by atoms with Gasteiger partial charge in [-0.2, -0.15) is 0 Å². The third kappa shape index (κ3) is 3.84. The number of thiophene rings is 1. The predicted octanol–water partition coefficient (Wildman–Crippen LogP) is 4.55. The summed E-state index contributed by atoms with van der Waals surface area (Å²) in [7, 11) is 0. The zero-order valence-corrected chi connectivity index (χ0v) is 17.2. The van der Waals surface area contributed by atoms with Crippen LogP contribution in [0, 0.1) is 6.92 Å². The molecule has 2 N–H and O–H groups in total. The Morgan fingerprint density at radius 1 is 1.18 bits per heavy atom. The second-order valence-electron chi connectivity index (χ2n) is 7.12. The van der Waals surface area contributed by atoms with Crippen LogP contribution in [0.25, 0.3) is 5.00 Å². The van der Waals surface area contributed by atoms with E-state index in [0.717, 1.165) is 37.3 Å². The zero-order valence-electron chi connectivity index (χ0n) is 16.4. The lowest BCUT2D eigenvalue weighted by atomic mass is 10.0. The van der Waals surface area contributed by atoms with Crippen LogP contribution in [0.3, 0.4) is 0 Å². The molecule has 2 amide bonds. The normalized spacial score (nSPS) is 13.9. The smallest absolute Gasteiger partial charge is 0.319 e. The summed E-state index contributed by atoms with van der Waals surface area (Å²) in [6, 6.07) is 11.7. The van der Waals surface area contributed by atoms with Crippen LogP contribution < -0.4 is 10.6 Å². The molecule has 1 aromatic carbocycles. The number of aromatic nitrogens is 1. The van der Waals surface area contributed by atoms with Gasteiger partial charge in [0.05, 0.1) is 0 Å². The van der Waals surface area contributed by atoms with E-state index in [1.165, 1.54) is 21.0 Å². The van der Waals surface area contributed by atoms with Crippen LogP contribution >= 0.6 is 11.3 Å². The molecular formula is C22H26N4OS. The van der Waals surface area contributed by atoms with Gasteiger partial charge in [0.1, 0.15) is 5.00 Å². The van der Waals surface area contributed by atoms with Gasteiger partial charge in [0.15, 0.2) is 0 Å². The van der Waals surface area contributed by atoms with Gasteiger partial charge < -0.3 is 15.2 Å². The van der Waals surface area contributed by atoms with Crippen LogP contribution in [-0.2, 0) is 19.5 Å². The summed E-state index contributed by atoms with van der Waals surface area (Å²) in [6.45, 7) is 7.89. The van der Waals surface area contributed by atoms with E-state index < -0.39 is 0 Å². The van der Waals surface area contributed by atoms with Crippen molar-refractivity contribution in [1.29, 1.82) is 0 Å². The van der Waals surface area contributed by atoms with Crippen LogP contribution in [0.2, 0.25) is 0 Å². The topological polar surface area (TPSA) is 49.3 Å². The number of hydrogen-bond acceptors (Lipinski definition) is 3. The van der Waals surface area contributed by atoms with E-state index in [9.17, 15) is 4.79 Å². The summed E-state index contributed by atoms with van der Waals surface area (Å²) in [5.74, 6) is 0. The number of nitrogens with zero attached hydrogens (tertiary/aromatic N) is 2. The molecule has 1 aliphatic heterocycles. The molecule has 146 valence electrons. The van der Waals surface area contributed by atoms with E-state index >= 15 is 0 Å². The van der Waals surface area contributed by atoms with Gasteiger partial charge >= 0.3 is 6.03 Å². The molecule has 2 aromatic heterocycles. The van der Waals surface area contributed by atoms with Crippen molar-refractivity contribution in [1.82, 2.24) is 14.8 Å². The van der Waals surface area contributed by atoms with Crippen LogP contribution in [-0.4, -0.2) is 28.6 Å². The van der Waals surface area contributed by atoms with Gasteiger partial charge in [-0.3, -0.25) is 4.90 Å². The lowest BCUT2D eigenvalue weighted by Gasteiger charge is -2.25. The van der Waals surface area contributed by atoms with Gasteiger partial charge in [-0.25, -0.2) is 4.79 Å². The number of rotatable bonds is 5. The van der Waals surface area contributed by atoms with E-state index in [4.69, 9.17) is 0 Å². The standard InChI is InChI=1S/C22H26N4OS/c1-3-25-13-10-17-18(21(28-20(17)15-25)26-11-6-7-12-26)14-23-22(27)24-19-9-5-4-8-16(19)2/h4-9,11-12H,3,10,13-15H2,1-2H3,(H2,23,24,27). The number of hydrogen-bond donors (Lipinski definition) is 2. The zero-order chi connectivity index (χ0) is 19.5. The highest BCUT2D eigenvalue weighted by atomic mass is 32.1. The molecule has 5 nitrogen and oxygen atoms in total. The molecule has 6 heteroatoms. The second kappa shape index (κ2) is 8.20. The first kappa shape index (κ1) is 18.8. The minimum Gasteiger partial charge on any atom is -0.334 e. The van der Waals surface area contributed by atoms with Gasteiger partial charge in [-0.05, 0) is 49.2 Å². The number of amides is 2. The summed E-state index contributed by atoms with van der Waals surface area (Å²) in [6.07, 6.45) is 5.19. The Morgan fingerprint density at radius 3 is 2.71 bits per heavy atom. The molecular weight excluding hydrogens is 368 g/mol. The summed E-state index contributed by atoms with van der Waals surface area (Å²) in [5.41, 5.74) is 4.55. The highest BCUT2D eigenvalue weighted by Gasteiger charge is 2.24. The van der Waals surface area contributed by atoms with E-state index in [2.05, 4.69) is 39.4 Å². The molecule has 1 aliphatic rings. The van der Waals surface area contributed by atoms with Crippen molar-refractivity contribution in [2.75, 3.05) is 18.4 Å². The summed E-state index contributed by atoms with van der Waals surface area (Å²) < 4.78 is 2.16. The van der Waals surface area contributed by atoms with Gasteiger partial charge in [-0.1, -0.05) is 25.1 Å². The van der Waals surface area contributed by atoms with Crippen molar-refractivity contribution >= 4 is 23.1 Å². The largest absolute Gasteiger partial charge is 0.334 e. The highest BCUT2D eigenvalue weighted by molar-refractivity contribution is 7.14. The first-order valence-electron chi connectivity index (χ1n) is 9.75. The molecule has 3 aromatic rings. The van der Waals surface area contributed by atoms with Gasteiger partial charge in [0.25, 0.3) is 0 Å². The van der Waals surface area contributed by atoms with Crippen molar-refractivity contribution in [2.45, 2.75) is 33.4 Å². The molecule has 0 radical (unpaired) electrons. The van der Waals surface area contributed by atoms with Crippen LogP contribution in [0.5, 0.6) is 0 Å². The van der Waals surface area contributed by atoms with Crippen LogP contribution in [0.15, 0.2) is 48.8 Å². The maximum absolute atomic E-state index is 12.5. The molecule has 0 saturated carbocycles. The highest BCUT2D eigenvalue weighted by Crippen LogP contribution is 2.35. The number of likely N-dealkylation sites (N-methyl/N-ethyl adjacent to an activating group) is 1. The Hall–Kier alpha value is -2.57. The van der Waals surface area contributed by atoms with E-state index in [1.807, 2.05) is 54.7 Å². The van der Waals surface area contributed by atoms with Crippen molar-refractivity contribution in [2.24, 2.45) is 0 Å². The minimum absolute atomic E-state index is 0.168. The molecule has 0 fully saturated rings. The Bertz CT molecular complexity index is 961. The van der Waals surface area contributed by atoms with E-state index in [-0.39, 0.29) is 6.03 Å². The maximum Gasteiger partial charge on any atom is 0.319 e.